The maximum absolute atomic E-state index is 5.84. The van der Waals surface area contributed by atoms with Gasteiger partial charge >= 0.3 is 0 Å². The number of rotatable bonds is 7. The Morgan fingerprint density at radius 1 is 1.40 bits per heavy atom. The molecule has 0 radical (unpaired) electrons. The molecule has 1 rings (SSSR count). The van der Waals surface area contributed by atoms with Crippen molar-refractivity contribution in [3.05, 3.63) is 0 Å². The normalized spacial score (nSPS) is 13.0. The topological polar surface area (TPSA) is 51.8 Å². The molecule has 0 fully saturated rings. The van der Waals surface area contributed by atoms with E-state index in [2.05, 4.69) is 17.1 Å². The smallest absolute Gasteiger partial charge is 0.175 e. The molecule has 86 valence electrons. The zero-order valence-corrected chi connectivity index (χ0v) is 11.6. The van der Waals surface area contributed by atoms with Gasteiger partial charge in [-0.25, -0.2) is 0 Å². The zero-order chi connectivity index (χ0) is 11.1. The summed E-state index contributed by atoms with van der Waals surface area (Å²) in [5.74, 6) is 1.09. The Bertz CT molecular complexity index is 277. The van der Waals surface area contributed by atoms with Crippen molar-refractivity contribution in [2.75, 3.05) is 12.0 Å². The first kappa shape index (κ1) is 13.3. The largest absolute Gasteiger partial charge is 0.328 e. The van der Waals surface area contributed by atoms with E-state index in [0.717, 1.165) is 33.7 Å². The highest BCUT2D eigenvalue weighted by Crippen LogP contribution is 2.27. The van der Waals surface area contributed by atoms with Gasteiger partial charge in [0.25, 0.3) is 0 Å². The van der Waals surface area contributed by atoms with Gasteiger partial charge in [0.05, 0.1) is 0 Å². The molecule has 0 bridgehead atoms. The van der Waals surface area contributed by atoms with Crippen LogP contribution >= 0.6 is 34.9 Å². The average Bonchev–Trinajstić information content (AvgIpc) is 2.72. The fourth-order valence-corrected chi connectivity index (χ4v) is 3.52. The highest BCUT2D eigenvalue weighted by Gasteiger charge is 2.04. The number of thioether (sulfide) groups is 2. The summed E-state index contributed by atoms with van der Waals surface area (Å²) in [6.45, 7) is 2.13. The number of nitrogens with zero attached hydrogens (tertiary/aromatic N) is 2. The van der Waals surface area contributed by atoms with Crippen LogP contribution < -0.4 is 5.73 Å². The molecular weight excluding hydrogens is 246 g/mol. The third kappa shape index (κ3) is 5.19. The van der Waals surface area contributed by atoms with E-state index in [1.807, 2.05) is 6.26 Å². The van der Waals surface area contributed by atoms with Gasteiger partial charge in [-0.05, 0) is 25.5 Å². The molecule has 3 nitrogen and oxygen atoms in total. The van der Waals surface area contributed by atoms with Gasteiger partial charge in [-0.15, -0.1) is 10.2 Å². The molecule has 0 amide bonds. The quantitative estimate of drug-likeness (QED) is 0.605. The summed E-state index contributed by atoms with van der Waals surface area (Å²) >= 11 is 5.10. The van der Waals surface area contributed by atoms with Crippen LogP contribution in [-0.4, -0.2) is 28.2 Å². The molecule has 0 aliphatic heterocycles. The highest BCUT2D eigenvalue weighted by atomic mass is 32.2. The van der Waals surface area contributed by atoms with Crippen LogP contribution in [0, 0.1) is 0 Å². The first-order valence-corrected chi connectivity index (χ1v) is 8.04. The van der Waals surface area contributed by atoms with Gasteiger partial charge in [0.2, 0.25) is 0 Å². The minimum atomic E-state index is 0.363. The van der Waals surface area contributed by atoms with E-state index in [4.69, 9.17) is 5.73 Å². The second-order valence-corrected chi connectivity index (χ2v) is 6.57. The molecule has 0 saturated carbocycles. The van der Waals surface area contributed by atoms with E-state index in [1.165, 1.54) is 0 Å². The molecule has 0 aromatic carbocycles. The second-order valence-electron chi connectivity index (χ2n) is 3.20. The standard InChI is InChI=1S/C9H17N3S3/c1-3-7(10)5-4-6-14-9-12-11-8(13-2)15-9/h7H,3-6,10H2,1-2H3. The summed E-state index contributed by atoms with van der Waals surface area (Å²) < 4.78 is 2.12. The number of hydrogen-bond acceptors (Lipinski definition) is 6. The Labute approximate surface area is 104 Å². The fourth-order valence-electron chi connectivity index (χ4n) is 1.05. The van der Waals surface area contributed by atoms with E-state index in [9.17, 15) is 0 Å². The van der Waals surface area contributed by atoms with Crippen LogP contribution in [0.3, 0.4) is 0 Å². The lowest BCUT2D eigenvalue weighted by atomic mass is 10.1. The van der Waals surface area contributed by atoms with Crippen molar-refractivity contribution in [1.82, 2.24) is 10.2 Å². The Morgan fingerprint density at radius 2 is 2.13 bits per heavy atom. The molecule has 0 aliphatic rings. The summed E-state index contributed by atoms with van der Waals surface area (Å²) in [6.07, 6.45) is 5.36. The number of aromatic nitrogens is 2. The average molecular weight is 263 g/mol. The highest BCUT2D eigenvalue weighted by molar-refractivity contribution is 8.02. The monoisotopic (exact) mass is 263 g/mol. The van der Waals surface area contributed by atoms with Crippen LogP contribution in [0.4, 0.5) is 0 Å². The Morgan fingerprint density at radius 3 is 2.73 bits per heavy atom. The second kappa shape index (κ2) is 7.49. The Kier molecular flexibility index (Phi) is 6.63. The number of hydrogen-bond donors (Lipinski definition) is 1. The van der Waals surface area contributed by atoms with E-state index < -0.39 is 0 Å². The number of nitrogens with two attached hydrogens (primary N) is 1. The molecule has 1 unspecified atom stereocenters. The first-order chi connectivity index (χ1) is 7.26. The van der Waals surface area contributed by atoms with Crippen LogP contribution in [0.5, 0.6) is 0 Å². The minimum absolute atomic E-state index is 0.363. The molecule has 1 aromatic rings. The van der Waals surface area contributed by atoms with Crippen molar-refractivity contribution < 1.29 is 0 Å². The molecule has 1 atom stereocenters. The van der Waals surface area contributed by atoms with Gasteiger partial charge in [0.15, 0.2) is 8.68 Å². The summed E-state index contributed by atoms with van der Waals surface area (Å²) in [4.78, 5) is 0. The van der Waals surface area contributed by atoms with Crippen molar-refractivity contribution in [1.29, 1.82) is 0 Å². The molecule has 1 aromatic heterocycles. The third-order valence-corrected chi connectivity index (χ3v) is 5.15. The van der Waals surface area contributed by atoms with Crippen molar-refractivity contribution in [3.63, 3.8) is 0 Å². The lowest BCUT2D eigenvalue weighted by Crippen LogP contribution is -2.18. The summed E-state index contributed by atoms with van der Waals surface area (Å²) in [7, 11) is 0. The maximum Gasteiger partial charge on any atom is 0.175 e. The van der Waals surface area contributed by atoms with Crippen LogP contribution in [-0.2, 0) is 0 Å². The summed E-state index contributed by atoms with van der Waals surface area (Å²) in [6, 6.07) is 0.363. The molecule has 1 heterocycles. The van der Waals surface area contributed by atoms with Crippen molar-refractivity contribution >= 4 is 34.9 Å². The third-order valence-electron chi connectivity index (χ3n) is 2.03. The predicted octanol–water partition coefficient (Wildman–Crippen LogP) is 2.87. The maximum atomic E-state index is 5.84. The predicted molar refractivity (Wildman–Crippen MR) is 69.9 cm³/mol. The summed E-state index contributed by atoms with van der Waals surface area (Å²) in [5, 5.41) is 8.15. The van der Waals surface area contributed by atoms with Crippen molar-refractivity contribution in [2.45, 2.75) is 40.9 Å². The molecule has 2 N–H and O–H groups in total. The van der Waals surface area contributed by atoms with E-state index in [-0.39, 0.29) is 0 Å². The van der Waals surface area contributed by atoms with Gasteiger partial charge in [0, 0.05) is 11.8 Å². The van der Waals surface area contributed by atoms with Gasteiger partial charge < -0.3 is 5.73 Å². The van der Waals surface area contributed by atoms with Crippen molar-refractivity contribution in [3.8, 4) is 0 Å². The van der Waals surface area contributed by atoms with Gasteiger partial charge in [-0.1, -0.05) is 41.8 Å². The van der Waals surface area contributed by atoms with E-state index >= 15 is 0 Å². The van der Waals surface area contributed by atoms with Gasteiger partial charge in [-0.3, -0.25) is 0 Å². The van der Waals surface area contributed by atoms with E-state index in [1.54, 1.807) is 34.9 Å². The van der Waals surface area contributed by atoms with Crippen molar-refractivity contribution in [2.24, 2.45) is 5.73 Å². The molecule has 6 heteroatoms. The molecular formula is C9H17N3S3. The molecule has 0 saturated heterocycles. The van der Waals surface area contributed by atoms with Gasteiger partial charge in [0.1, 0.15) is 0 Å². The SMILES string of the molecule is CCC(N)CCCSc1nnc(SC)s1. The van der Waals surface area contributed by atoms with E-state index in [0.29, 0.717) is 6.04 Å². The Balaban J connectivity index is 2.14. The lowest BCUT2D eigenvalue weighted by Gasteiger charge is -2.06. The molecule has 15 heavy (non-hydrogen) atoms. The van der Waals surface area contributed by atoms with Crippen LogP contribution in [0.25, 0.3) is 0 Å². The molecule has 0 aliphatic carbocycles. The fraction of sp³-hybridized carbons (Fsp3) is 0.778. The summed E-state index contributed by atoms with van der Waals surface area (Å²) in [5.41, 5.74) is 5.84. The van der Waals surface area contributed by atoms with Crippen LogP contribution in [0.1, 0.15) is 26.2 Å². The van der Waals surface area contributed by atoms with Crippen LogP contribution in [0.2, 0.25) is 0 Å². The lowest BCUT2D eigenvalue weighted by molar-refractivity contribution is 0.589. The van der Waals surface area contributed by atoms with Crippen LogP contribution in [0.15, 0.2) is 8.68 Å². The van der Waals surface area contributed by atoms with Gasteiger partial charge in [-0.2, -0.15) is 0 Å². The minimum Gasteiger partial charge on any atom is -0.328 e. The Hall–Kier alpha value is 0.220. The molecule has 0 spiro atoms. The zero-order valence-electron chi connectivity index (χ0n) is 9.10. The first-order valence-electron chi connectivity index (χ1n) is 5.02.